The molecule has 2 atom stereocenters. The number of hydrogen-bond acceptors (Lipinski definition) is 6. The van der Waals surface area contributed by atoms with Crippen molar-refractivity contribution in [2.75, 3.05) is 44.8 Å². The number of likely N-dealkylation sites (N-methyl/N-ethyl adjacent to an activating group) is 1. The number of nitrogens with zero attached hydrogens (tertiary/aromatic N) is 4. The molecule has 0 saturated carbocycles. The predicted octanol–water partition coefficient (Wildman–Crippen LogP) is 2.84. The van der Waals surface area contributed by atoms with Gasteiger partial charge in [-0.3, -0.25) is 19.5 Å². The summed E-state index contributed by atoms with van der Waals surface area (Å²) in [6.07, 6.45) is 1.43. The lowest BCUT2D eigenvalue weighted by Gasteiger charge is -2.42. The van der Waals surface area contributed by atoms with E-state index in [-0.39, 0.29) is 23.5 Å². The molecule has 3 aliphatic heterocycles. The van der Waals surface area contributed by atoms with Gasteiger partial charge in [0.2, 0.25) is 5.91 Å². The molecular formula is C26H29FN4O3. The zero-order valence-corrected chi connectivity index (χ0v) is 19.5. The first-order chi connectivity index (χ1) is 16.4. The van der Waals surface area contributed by atoms with Gasteiger partial charge in [-0.15, -0.1) is 0 Å². The lowest BCUT2D eigenvalue weighted by molar-refractivity contribution is -0.134. The maximum absolute atomic E-state index is 14.2. The van der Waals surface area contributed by atoms with Crippen LogP contribution in [-0.4, -0.2) is 73.1 Å². The fourth-order valence-electron chi connectivity index (χ4n) is 5.49. The van der Waals surface area contributed by atoms with Crippen LogP contribution in [0.25, 0.3) is 0 Å². The third kappa shape index (κ3) is 3.76. The average Bonchev–Trinajstić information content (AvgIpc) is 3.18. The highest BCUT2D eigenvalue weighted by molar-refractivity contribution is 6.43. The Morgan fingerprint density at radius 1 is 1.21 bits per heavy atom. The topological polar surface area (TPSA) is 65.5 Å². The lowest BCUT2D eigenvalue weighted by Crippen LogP contribution is -2.54. The summed E-state index contributed by atoms with van der Waals surface area (Å²) in [4.78, 5) is 29.0. The van der Waals surface area contributed by atoms with Gasteiger partial charge in [-0.05, 0) is 37.1 Å². The van der Waals surface area contributed by atoms with Crippen LogP contribution < -0.4 is 9.75 Å². The molecule has 2 aromatic carbocycles. The van der Waals surface area contributed by atoms with Gasteiger partial charge in [-0.2, -0.15) is 5.10 Å². The fraction of sp³-hybridized carbons (Fsp3) is 0.423. The molecule has 0 aliphatic carbocycles. The van der Waals surface area contributed by atoms with Crippen molar-refractivity contribution in [1.29, 1.82) is 0 Å². The van der Waals surface area contributed by atoms with Crippen LogP contribution in [0.3, 0.4) is 0 Å². The third-order valence-corrected chi connectivity index (χ3v) is 7.26. The van der Waals surface area contributed by atoms with Gasteiger partial charge in [-0.25, -0.2) is 4.39 Å². The second-order valence-corrected chi connectivity index (χ2v) is 9.32. The minimum atomic E-state index is -0.701. The summed E-state index contributed by atoms with van der Waals surface area (Å²) >= 11 is 0. The summed E-state index contributed by atoms with van der Waals surface area (Å²) in [7, 11) is 1.83. The molecule has 5 rings (SSSR count). The summed E-state index contributed by atoms with van der Waals surface area (Å²) in [6.45, 7) is 4.59. The number of rotatable bonds is 6. The van der Waals surface area contributed by atoms with Crippen LogP contribution in [0.5, 0.6) is 5.75 Å². The Hall–Kier alpha value is -3.26. The number of ether oxygens (including phenoxy) is 1. The Morgan fingerprint density at radius 2 is 2.00 bits per heavy atom. The molecule has 1 saturated heterocycles. The normalized spacial score (nSPS) is 24.4. The summed E-state index contributed by atoms with van der Waals surface area (Å²) in [5.41, 5.74) is 1.30. The quantitative estimate of drug-likeness (QED) is 0.658. The summed E-state index contributed by atoms with van der Waals surface area (Å²) < 4.78 is 20.2. The molecule has 1 amide bonds. The van der Waals surface area contributed by atoms with Crippen LogP contribution in [0.4, 0.5) is 10.1 Å². The lowest BCUT2D eigenvalue weighted by atomic mass is 9.67. The second kappa shape index (κ2) is 8.83. The average molecular weight is 465 g/mol. The Balaban J connectivity index is 1.50. The maximum Gasteiger partial charge on any atom is 0.236 e. The molecule has 0 spiro atoms. The number of hydrogen-bond donors (Lipinski definition) is 0. The SMILES string of the molecule is CC(=O)C1=NN2c3cc(F)ccc3OC[C@H]2[C@@]1(CCCN1CCN(C)C(=O)C1)c1ccccc1. The van der Waals surface area contributed by atoms with Gasteiger partial charge in [0.25, 0.3) is 0 Å². The van der Waals surface area contributed by atoms with Crippen molar-refractivity contribution in [2.45, 2.75) is 31.2 Å². The van der Waals surface area contributed by atoms with E-state index in [0.717, 1.165) is 31.6 Å². The monoisotopic (exact) mass is 464 g/mol. The van der Waals surface area contributed by atoms with Gasteiger partial charge in [0.05, 0.1) is 12.0 Å². The highest BCUT2D eigenvalue weighted by Crippen LogP contribution is 2.48. The van der Waals surface area contributed by atoms with Crippen LogP contribution in [0.15, 0.2) is 53.6 Å². The molecule has 34 heavy (non-hydrogen) atoms. The van der Waals surface area contributed by atoms with E-state index in [1.807, 2.05) is 37.4 Å². The summed E-state index contributed by atoms with van der Waals surface area (Å²) in [6, 6.07) is 14.1. The second-order valence-electron chi connectivity index (χ2n) is 9.32. The molecule has 2 aromatic rings. The van der Waals surface area contributed by atoms with Gasteiger partial charge in [0.1, 0.15) is 35.6 Å². The van der Waals surface area contributed by atoms with E-state index >= 15 is 0 Å². The Bertz CT molecular complexity index is 1140. The smallest absolute Gasteiger partial charge is 0.236 e. The van der Waals surface area contributed by atoms with Crippen molar-refractivity contribution in [1.82, 2.24) is 9.80 Å². The fourth-order valence-corrected chi connectivity index (χ4v) is 5.49. The van der Waals surface area contributed by atoms with Gasteiger partial charge in [0.15, 0.2) is 5.78 Å². The van der Waals surface area contributed by atoms with Crippen molar-refractivity contribution < 1.29 is 18.7 Å². The van der Waals surface area contributed by atoms with Crippen LogP contribution in [0.2, 0.25) is 0 Å². The number of hydrazone groups is 1. The molecule has 3 heterocycles. The van der Waals surface area contributed by atoms with Crippen LogP contribution in [-0.2, 0) is 15.0 Å². The molecule has 178 valence electrons. The number of ketones is 1. The van der Waals surface area contributed by atoms with E-state index in [1.54, 1.807) is 22.9 Å². The number of piperazine rings is 1. The Kier molecular flexibility index (Phi) is 5.85. The summed E-state index contributed by atoms with van der Waals surface area (Å²) in [5, 5.41) is 6.57. The van der Waals surface area contributed by atoms with E-state index < -0.39 is 5.41 Å². The van der Waals surface area contributed by atoms with E-state index in [0.29, 0.717) is 36.7 Å². The third-order valence-electron chi connectivity index (χ3n) is 7.26. The molecule has 0 aromatic heterocycles. The highest BCUT2D eigenvalue weighted by Gasteiger charge is 2.55. The van der Waals surface area contributed by atoms with Crippen molar-refractivity contribution in [3.8, 4) is 5.75 Å². The van der Waals surface area contributed by atoms with E-state index in [1.165, 1.54) is 12.1 Å². The van der Waals surface area contributed by atoms with Crippen LogP contribution >= 0.6 is 0 Å². The molecule has 0 radical (unpaired) electrons. The first-order valence-electron chi connectivity index (χ1n) is 11.7. The largest absolute Gasteiger partial charge is 0.489 e. The molecule has 1 fully saturated rings. The number of carbonyl (C=O) groups excluding carboxylic acids is 2. The number of amides is 1. The number of fused-ring (bicyclic) bond motifs is 3. The number of carbonyl (C=O) groups is 2. The Morgan fingerprint density at radius 3 is 2.74 bits per heavy atom. The van der Waals surface area contributed by atoms with Crippen molar-refractivity contribution >= 4 is 23.1 Å². The molecule has 7 nitrogen and oxygen atoms in total. The maximum atomic E-state index is 14.2. The van der Waals surface area contributed by atoms with E-state index in [4.69, 9.17) is 9.84 Å². The standard InChI is InChI=1S/C26H29FN4O3/c1-18(32)25-26(19-7-4-3-5-8-19,11-6-12-30-14-13-29(2)24(33)16-30)23-17-34-22-10-9-20(27)15-21(22)31(23)28-25/h3-5,7-10,15,23H,6,11-14,16-17H2,1-2H3/t23-,26+/m0/s1. The van der Waals surface area contributed by atoms with Crippen molar-refractivity contribution in [2.24, 2.45) is 5.10 Å². The van der Waals surface area contributed by atoms with Gasteiger partial charge in [-0.1, -0.05) is 30.3 Å². The summed E-state index contributed by atoms with van der Waals surface area (Å²) in [5.74, 6) is 0.205. The van der Waals surface area contributed by atoms with E-state index in [2.05, 4.69) is 4.90 Å². The van der Waals surface area contributed by atoms with Gasteiger partial charge >= 0.3 is 0 Å². The van der Waals surface area contributed by atoms with Crippen molar-refractivity contribution in [3.63, 3.8) is 0 Å². The number of anilines is 1. The van der Waals surface area contributed by atoms with Gasteiger partial charge < -0.3 is 9.64 Å². The molecule has 8 heteroatoms. The zero-order valence-electron chi connectivity index (χ0n) is 19.5. The highest BCUT2D eigenvalue weighted by atomic mass is 19.1. The molecule has 0 unspecified atom stereocenters. The van der Waals surface area contributed by atoms with E-state index in [9.17, 15) is 14.0 Å². The predicted molar refractivity (Wildman–Crippen MR) is 128 cm³/mol. The van der Waals surface area contributed by atoms with Gasteiger partial charge in [0, 0.05) is 33.1 Å². The molecule has 0 bridgehead atoms. The van der Waals surface area contributed by atoms with Crippen LogP contribution in [0, 0.1) is 5.82 Å². The van der Waals surface area contributed by atoms with Crippen molar-refractivity contribution in [3.05, 3.63) is 59.9 Å². The minimum Gasteiger partial charge on any atom is -0.489 e. The van der Waals surface area contributed by atoms with Crippen LogP contribution in [0.1, 0.15) is 25.3 Å². The molecule has 0 N–H and O–H groups in total. The minimum absolute atomic E-state index is 0.106. The molecular weight excluding hydrogens is 435 g/mol. The zero-order chi connectivity index (χ0) is 23.9. The number of benzene rings is 2. The first-order valence-corrected chi connectivity index (χ1v) is 11.7. The number of halogens is 1. The molecule has 3 aliphatic rings. The Labute approximate surface area is 198 Å². The number of Topliss-reactive ketones (excluding diaryl/α,β-unsaturated/α-hetero) is 1. The first kappa shape index (κ1) is 22.5.